The average Bonchev–Trinajstić information content (AvgIpc) is 3.58. The number of aliphatic imine (C=N–C) groups is 1. The Morgan fingerprint density at radius 1 is 1.00 bits per heavy atom. The second-order valence-corrected chi connectivity index (χ2v) is 9.75. The monoisotopic (exact) mass is 517 g/mol. The predicted molar refractivity (Wildman–Crippen MR) is 144 cm³/mol. The number of hydrogen-bond donors (Lipinski definition) is 1. The molecule has 9 nitrogen and oxygen atoms in total. The number of hydrogen-bond acceptors (Lipinski definition) is 7. The zero-order chi connectivity index (χ0) is 25.6. The number of nitrogens with zero attached hydrogens (tertiary/aromatic N) is 4. The first-order valence-electron chi connectivity index (χ1n) is 12.2. The molecule has 37 heavy (non-hydrogen) atoms. The molecule has 2 aromatic carbocycles. The van der Waals surface area contributed by atoms with E-state index in [9.17, 15) is 9.59 Å². The van der Waals surface area contributed by atoms with Gasteiger partial charge < -0.3 is 14.4 Å². The largest absolute Gasteiger partial charge is 0.493 e. The molecule has 0 atom stereocenters. The minimum absolute atomic E-state index is 0.0175. The molecule has 3 aliphatic heterocycles. The molecule has 190 valence electrons. The molecule has 5 rings (SSSR count). The van der Waals surface area contributed by atoms with E-state index in [2.05, 4.69) is 10.1 Å². The topological polar surface area (TPSA) is 108 Å². The molecular formula is C27H27N5O4S. The van der Waals surface area contributed by atoms with Crippen LogP contribution in [0, 0.1) is 5.41 Å². The molecule has 10 heteroatoms. The number of ether oxygens (including phenoxy) is 2. The third kappa shape index (κ3) is 6.08. The first-order valence-corrected chi connectivity index (χ1v) is 13.1. The molecule has 2 aromatic rings. The van der Waals surface area contributed by atoms with Crippen molar-refractivity contribution in [3.63, 3.8) is 0 Å². The summed E-state index contributed by atoms with van der Waals surface area (Å²) in [5.74, 6) is 1.02. The van der Waals surface area contributed by atoms with Crippen molar-refractivity contribution in [2.24, 2.45) is 10.1 Å². The molecule has 0 bridgehead atoms. The van der Waals surface area contributed by atoms with Crippen molar-refractivity contribution in [3.8, 4) is 11.5 Å². The SMILES string of the molecule is N=C1C(=Cc2ccc(OCCCOc3ccccc3)cc2)C(=O)N=C2SC(CC(=O)N3CCCC3)=NN12. The Morgan fingerprint density at radius 2 is 1.68 bits per heavy atom. The van der Waals surface area contributed by atoms with Crippen LogP contribution in [0.4, 0.5) is 0 Å². The minimum atomic E-state index is -0.496. The lowest BCUT2D eigenvalue weighted by Gasteiger charge is -2.20. The number of nitrogens with one attached hydrogen (secondary N) is 1. The Bertz CT molecular complexity index is 1270. The summed E-state index contributed by atoms with van der Waals surface area (Å²) in [6, 6.07) is 16.9. The average molecular weight is 518 g/mol. The van der Waals surface area contributed by atoms with Gasteiger partial charge in [0.15, 0.2) is 5.84 Å². The van der Waals surface area contributed by atoms with Gasteiger partial charge in [0.05, 0.1) is 25.2 Å². The number of thioether (sulfide) groups is 1. The van der Waals surface area contributed by atoms with Gasteiger partial charge >= 0.3 is 0 Å². The van der Waals surface area contributed by atoms with E-state index in [0.717, 1.165) is 43.7 Å². The number of amides is 2. The van der Waals surface area contributed by atoms with E-state index >= 15 is 0 Å². The van der Waals surface area contributed by atoms with Gasteiger partial charge in [0.1, 0.15) is 16.5 Å². The summed E-state index contributed by atoms with van der Waals surface area (Å²) in [5, 5.41) is 15.1. The molecule has 1 saturated heterocycles. The van der Waals surface area contributed by atoms with Crippen molar-refractivity contribution in [2.75, 3.05) is 26.3 Å². The van der Waals surface area contributed by atoms with E-state index in [-0.39, 0.29) is 23.7 Å². The van der Waals surface area contributed by atoms with Crippen LogP contribution in [0.3, 0.4) is 0 Å². The van der Waals surface area contributed by atoms with E-state index in [1.165, 1.54) is 16.8 Å². The van der Waals surface area contributed by atoms with Crippen molar-refractivity contribution in [1.29, 1.82) is 5.41 Å². The lowest BCUT2D eigenvalue weighted by molar-refractivity contribution is -0.128. The van der Waals surface area contributed by atoms with E-state index in [1.807, 2.05) is 59.5 Å². The molecule has 2 amide bonds. The number of likely N-dealkylation sites (tertiary alicyclic amines) is 1. The Morgan fingerprint density at radius 3 is 2.38 bits per heavy atom. The fourth-order valence-electron chi connectivity index (χ4n) is 4.09. The number of carbonyl (C=O) groups is 2. The number of benzene rings is 2. The molecule has 0 radical (unpaired) electrons. The summed E-state index contributed by atoms with van der Waals surface area (Å²) < 4.78 is 11.4. The van der Waals surface area contributed by atoms with E-state index in [0.29, 0.717) is 29.2 Å². The number of para-hydroxylation sites is 1. The maximum absolute atomic E-state index is 12.7. The van der Waals surface area contributed by atoms with Crippen LogP contribution in [0.1, 0.15) is 31.2 Å². The van der Waals surface area contributed by atoms with Crippen LogP contribution in [0.15, 0.2) is 70.3 Å². The van der Waals surface area contributed by atoms with E-state index in [1.54, 1.807) is 6.08 Å². The Kier molecular flexibility index (Phi) is 7.65. The predicted octanol–water partition coefficient (Wildman–Crippen LogP) is 4.17. The fraction of sp³-hybridized carbons (Fsp3) is 0.296. The summed E-state index contributed by atoms with van der Waals surface area (Å²) in [6.07, 6.45) is 4.56. The maximum atomic E-state index is 12.7. The first kappa shape index (κ1) is 24.8. The zero-order valence-corrected chi connectivity index (χ0v) is 21.1. The molecule has 1 fully saturated rings. The van der Waals surface area contributed by atoms with Crippen LogP contribution < -0.4 is 9.47 Å². The highest BCUT2D eigenvalue weighted by Gasteiger charge is 2.36. The number of amidine groups is 2. The van der Waals surface area contributed by atoms with Gasteiger partial charge in [0.2, 0.25) is 11.1 Å². The van der Waals surface area contributed by atoms with Crippen LogP contribution in [0.2, 0.25) is 0 Å². The Balaban J connectivity index is 1.15. The quantitative estimate of drug-likeness (QED) is 0.395. The molecule has 0 saturated carbocycles. The van der Waals surface area contributed by atoms with Crippen molar-refractivity contribution < 1.29 is 19.1 Å². The molecular weight excluding hydrogens is 490 g/mol. The smallest absolute Gasteiger partial charge is 0.283 e. The van der Waals surface area contributed by atoms with Crippen LogP contribution in [0.5, 0.6) is 11.5 Å². The zero-order valence-electron chi connectivity index (χ0n) is 20.3. The lowest BCUT2D eigenvalue weighted by Crippen LogP contribution is -2.35. The van der Waals surface area contributed by atoms with Crippen molar-refractivity contribution in [3.05, 3.63) is 65.7 Å². The highest BCUT2D eigenvalue weighted by atomic mass is 32.2. The highest BCUT2D eigenvalue weighted by molar-refractivity contribution is 8.27. The minimum Gasteiger partial charge on any atom is -0.493 e. The normalized spacial score (nSPS) is 18.1. The second kappa shape index (κ2) is 11.4. The molecule has 0 aromatic heterocycles. The lowest BCUT2D eigenvalue weighted by atomic mass is 10.1. The number of carbonyl (C=O) groups excluding carboxylic acids is 2. The number of fused-ring (bicyclic) bond motifs is 1. The first-order chi connectivity index (χ1) is 18.1. The fourth-order valence-corrected chi connectivity index (χ4v) is 4.97. The van der Waals surface area contributed by atoms with Gasteiger partial charge in [-0.3, -0.25) is 15.0 Å². The third-order valence-electron chi connectivity index (χ3n) is 6.02. The van der Waals surface area contributed by atoms with E-state index in [4.69, 9.17) is 14.9 Å². The summed E-state index contributed by atoms with van der Waals surface area (Å²) in [7, 11) is 0. The van der Waals surface area contributed by atoms with Crippen molar-refractivity contribution in [2.45, 2.75) is 25.7 Å². The van der Waals surface area contributed by atoms with Crippen LogP contribution in [-0.2, 0) is 9.59 Å². The van der Waals surface area contributed by atoms with Gasteiger partial charge in [0.25, 0.3) is 5.91 Å². The molecule has 3 aliphatic rings. The Hall–Kier alpha value is -3.92. The maximum Gasteiger partial charge on any atom is 0.283 e. The van der Waals surface area contributed by atoms with Crippen LogP contribution in [0.25, 0.3) is 6.08 Å². The second-order valence-electron chi connectivity index (χ2n) is 8.71. The molecule has 1 N–H and O–H groups in total. The summed E-state index contributed by atoms with van der Waals surface area (Å²) >= 11 is 1.17. The molecule has 0 unspecified atom stereocenters. The van der Waals surface area contributed by atoms with Gasteiger partial charge in [-0.15, -0.1) is 0 Å². The number of hydrazone groups is 1. The van der Waals surface area contributed by atoms with Gasteiger partial charge in [-0.25, -0.2) is 0 Å². The Labute approximate surface area is 219 Å². The molecule has 0 aliphatic carbocycles. The standard InChI is InChI=1S/C27H27N5O4S/c28-25-22(26(34)29-27-32(25)30-23(37-27)18-24(33)31-13-4-5-14-31)17-19-9-11-21(12-10-19)36-16-6-15-35-20-7-2-1-3-8-20/h1-3,7-12,17,28H,4-6,13-16,18H2. The molecule has 0 spiro atoms. The van der Waals surface area contributed by atoms with Crippen LogP contribution >= 0.6 is 11.8 Å². The van der Waals surface area contributed by atoms with Crippen molar-refractivity contribution in [1.82, 2.24) is 9.91 Å². The van der Waals surface area contributed by atoms with Gasteiger partial charge in [-0.05, 0) is 60.5 Å². The van der Waals surface area contributed by atoms with E-state index < -0.39 is 5.91 Å². The van der Waals surface area contributed by atoms with Gasteiger partial charge in [-0.2, -0.15) is 15.1 Å². The van der Waals surface area contributed by atoms with Gasteiger partial charge in [0, 0.05) is 19.5 Å². The third-order valence-corrected chi connectivity index (χ3v) is 6.93. The number of rotatable bonds is 9. The summed E-state index contributed by atoms with van der Waals surface area (Å²) in [6.45, 7) is 2.62. The molecule has 3 heterocycles. The summed E-state index contributed by atoms with van der Waals surface area (Å²) in [4.78, 5) is 31.1. The van der Waals surface area contributed by atoms with Gasteiger partial charge in [-0.1, -0.05) is 30.3 Å². The highest BCUT2D eigenvalue weighted by Crippen LogP contribution is 2.30. The van der Waals surface area contributed by atoms with Crippen molar-refractivity contribution >= 4 is 45.7 Å². The van der Waals surface area contributed by atoms with Crippen LogP contribution in [-0.4, -0.2) is 64.1 Å². The summed E-state index contributed by atoms with van der Waals surface area (Å²) in [5.41, 5.74) is 0.888.